The summed E-state index contributed by atoms with van der Waals surface area (Å²) in [6.45, 7) is 0. The third-order valence-corrected chi connectivity index (χ3v) is 2.18. The number of hydrogen-bond acceptors (Lipinski definition) is 2. The maximum Gasteiger partial charge on any atom is 0.404 e. The van der Waals surface area contributed by atoms with E-state index in [0.717, 1.165) is 19.3 Å². The summed E-state index contributed by atoms with van der Waals surface area (Å²) >= 11 is 0. The molecule has 1 amide bonds. The standard InChI is InChI=1S/C8H12N2O2/c9-5-6-2-1-3-7(4-6)10-8(11)12/h6-7,10H,1-4H2,(H,11,12)/t6-,7?/m1/s1. The van der Waals surface area contributed by atoms with Crippen molar-refractivity contribution in [2.75, 3.05) is 0 Å². The summed E-state index contributed by atoms with van der Waals surface area (Å²) in [5, 5.41) is 19.5. The highest BCUT2D eigenvalue weighted by molar-refractivity contribution is 5.64. The predicted octanol–water partition coefficient (Wildman–Crippen LogP) is 1.34. The van der Waals surface area contributed by atoms with E-state index in [4.69, 9.17) is 10.4 Å². The number of nitriles is 1. The van der Waals surface area contributed by atoms with Gasteiger partial charge >= 0.3 is 6.09 Å². The molecule has 0 aromatic rings. The van der Waals surface area contributed by atoms with Gasteiger partial charge in [-0.1, -0.05) is 6.42 Å². The topological polar surface area (TPSA) is 73.1 Å². The second-order valence-electron chi connectivity index (χ2n) is 3.14. The summed E-state index contributed by atoms with van der Waals surface area (Å²) in [6, 6.07) is 2.16. The Bertz CT molecular complexity index is 210. The predicted molar refractivity (Wildman–Crippen MR) is 42.5 cm³/mol. The van der Waals surface area contributed by atoms with Crippen molar-refractivity contribution in [1.82, 2.24) is 5.32 Å². The monoisotopic (exact) mass is 168 g/mol. The summed E-state index contributed by atoms with van der Waals surface area (Å²) in [7, 11) is 0. The molecule has 1 rings (SSSR count). The maximum absolute atomic E-state index is 10.3. The molecule has 2 N–H and O–H groups in total. The smallest absolute Gasteiger partial charge is 0.404 e. The minimum atomic E-state index is -0.987. The van der Waals surface area contributed by atoms with Gasteiger partial charge in [-0.15, -0.1) is 0 Å². The van der Waals surface area contributed by atoms with Crippen molar-refractivity contribution < 1.29 is 9.90 Å². The van der Waals surface area contributed by atoms with Crippen LogP contribution in [0.1, 0.15) is 25.7 Å². The van der Waals surface area contributed by atoms with Gasteiger partial charge in [0, 0.05) is 12.0 Å². The lowest BCUT2D eigenvalue weighted by atomic mass is 9.87. The first-order valence-corrected chi connectivity index (χ1v) is 4.11. The molecule has 0 saturated heterocycles. The van der Waals surface area contributed by atoms with Crippen molar-refractivity contribution in [3.63, 3.8) is 0 Å². The third-order valence-electron chi connectivity index (χ3n) is 2.18. The molecule has 2 atom stereocenters. The molecule has 0 radical (unpaired) electrons. The van der Waals surface area contributed by atoms with Gasteiger partial charge in [0.15, 0.2) is 0 Å². The molecule has 1 fully saturated rings. The summed E-state index contributed by atoms with van der Waals surface area (Å²) < 4.78 is 0. The fraction of sp³-hybridized carbons (Fsp3) is 0.750. The van der Waals surface area contributed by atoms with Crippen LogP contribution < -0.4 is 5.32 Å². The van der Waals surface area contributed by atoms with Gasteiger partial charge in [-0.05, 0) is 19.3 Å². The van der Waals surface area contributed by atoms with E-state index in [1.165, 1.54) is 0 Å². The van der Waals surface area contributed by atoms with Gasteiger partial charge in [0.1, 0.15) is 0 Å². The molecule has 0 spiro atoms. The Kier molecular flexibility index (Phi) is 2.92. The Morgan fingerprint density at radius 3 is 2.92 bits per heavy atom. The first kappa shape index (κ1) is 8.85. The number of hydrogen-bond donors (Lipinski definition) is 2. The van der Waals surface area contributed by atoms with Crippen molar-refractivity contribution in [3.05, 3.63) is 0 Å². The van der Waals surface area contributed by atoms with Gasteiger partial charge in [0.2, 0.25) is 0 Å². The SMILES string of the molecule is N#C[C@@H]1CCCC(NC(=O)O)C1. The number of rotatable bonds is 1. The van der Waals surface area contributed by atoms with Gasteiger partial charge in [-0.3, -0.25) is 0 Å². The van der Waals surface area contributed by atoms with E-state index in [2.05, 4.69) is 11.4 Å². The zero-order valence-corrected chi connectivity index (χ0v) is 6.79. The van der Waals surface area contributed by atoms with E-state index < -0.39 is 6.09 Å². The fourth-order valence-corrected chi connectivity index (χ4v) is 1.61. The summed E-state index contributed by atoms with van der Waals surface area (Å²) in [6.07, 6.45) is 2.41. The van der Waals surface area contributed by atoms with Crippen LogP contribution in [0.3, 0.4) is 0 Å². The van der Waals surface area contributed by atoms with Crippen molar-refractivity contribution in [1.29, 1.82) is 5.26 Å². The van der Waals surface area contributed by atoms with E-state index in [1.807, 2.05) is 0 Å². The van der Waals surface area contributed by atoms with Crippen molar-refractivity contribution >= 4 is 6.09 Å². The Hall–Kier alpha value is -1.24. The van der Waals surface area contributed by atoms with E-state index in [9.17, 15) is 4.79 Å². The lowest BCUT2D eigenvalue weighted by molar-refractivity contribution is 0.184. The number of nitrogens with zero attached hydrogens (tertiary/aromatic N) is 1. The lowest BCUT2D eigenvalue weighted by Crippen LogP contribution is -2.37. The zero-order chi connectivity index (χ0) is 8.97. The van der Waals surface area contributed by atoms with Crippen molar-refractivity contribution in [2.45, 2.75) is 31.7 Å². The number of carboxylic acid groups (broad SMARTS) is 1. The number of nitrogens with one attached hydrogen (secondary N) is 1. The first-order chi connectivity index (χ1) is 5.72. The molecular weight excluding hydrogens is 156 g/mol. The van der Waals surface area contributed by atoms with Gasteiger partial charge in [0.05, 0.1) is 6.07 Å². The van der Waals surface area contributed by atoms with Crippen molar-refractivity contribution in [2.24, 2.45) is 5.92 Å². The van der Waals surface area contributed by atoms with Crippen LogP contribution in [0.5, 0.6) is 0 Å². The Morgan fingerprint density at radius 2 is 2.33 bits per heavy atom. The lowest BCUT2D eigenvalue weighted by Gasteiger charge is -2.24. The van der Waals surface area contributed by atoms with Crippen LogP contribution in [-0.4, -0.2) is 17.2 Å². The summed E-state index contributed by atoms with van der Waals surface area (Å²) in [5.74, 6) is 0.0376. The average Bonchev–Trinajstić information content (AvgIpc) is 2.03. The molecule has 1 aliphatic carbocycles. The highest BCUT2D eigenvalue weighted by Gasteiger charge is 2.22. The molecule has 4 heteroatoms. The van der Waals surface area contributed by atoms with E-state index in [-0.39, 0.29) is 12.0 Å². The highest BCUT2D eigenvalue weighted by atomic mass is 16.4. The van der Waals surface area contributed by atoms with Crippen molar-refractivity contribution in [3.8, 4) is 6.07 Å². The van der Waals surface area contributed by atoms with Crippen LogP contribution >= 0.6 is 0 Å². The number of carbonyl (C=O) groups is 1. The molecule has 0 aliphatic heterocycles. The molecular formula is C8H12N2O2. The van der Waals surface area contributed by atoms with Gasteiger partial charge in [-0.2, -0.15) is 5.26 Å². The Labute approximate surface area is 71.2 Å². The molecule has 1 saturated carbocycles. The second-order valence-corrected chi connectivity index (χ2v) is 3.14. The normalized spacial score (nSPS) is 28.9. The van der Waals surface area contributed by atoms with Crippen LogP contribution in [0.15, 0.2) is 0 Å². The van der Waals surface area contributed by atoms with Gasteiger partial charge in [-0.25, -0.2) is 4.79 Å². The minimum absolute atomic E-state index is 0.0131. The molecule has 12 heavy (non-hydrogen) atoms. The average molecular weight is 168 g/mol. The van der Waals surface area contributed by atoms with E-state index >= 15 is 0 Å². The fourth-order valence-electron chi connectivity index (χ4n) is 1.61. The third kappa shape index (κ3) is 2.42. The highest BCUT2D eigenvalue weighted by Crippen LogP contribution is 2.23. The van der Waals surface area contributed by atoms with Crippen LogP contribution in [0.25, 0.3) is 0 Å². The second kappa shape index (κ2) is 3.96. The molecule has 1 unspecified atom stereocenters. The zero-order valence-electron chi connectivity index (χ0n) is 6.79. The summed E-state index contributed by atoms with van der Waals surface area (Å²) in [5.41, 5.74) is 0. The molecule has 0 bridgehead atoms. The molecule has 0 aromatic heterocycles. The Balaban J connectivity index is 2.36. The molecule has 66 valence electrons. The maximum atomic E-state index is 10.3. The first-order valence-electron chi connectivity index (χ1n) is 4.11. The van der Waals surface area contributed by atoms with Crippen LogP contribution in [0.2, 0.25) is 0 Å². The quantitative estimate of drug-likeness (QED) is 0.620. The van der Waals surface area contributed by atoms with Crippen LogP contribution in [-0.2, 0) is 0 Å². The van der Waals surface area contributed by atoms with E-state index in [0.29, 0.717) is 6.42 Å². The molecule has 0 heterocycles. The molecule has 0 aromatic carbocycles. The Morgan fingerprint density at radius 1 is 1.58 bits per heavy atom. The molecule has 4 nitrogen and oxygen atoms in total. The van der Waals surface area contributed by atoms with Crippen LogP contribution in [0, 0.1) is 17.2 Å². The van der Waals surface area contributed by atoms with E-state index in [1.54, 1.807) is 0 Å². The van der Waals surface area contributed by atoms with Gasteiger partial charge < -0.3 is 10.4 Å². The van der Waals surface area contributed by atoms with Gasteiger partial charge in [0.25, 0.3) is 0 Å². The summed E-state index contributed by atoms with van der Waals surface area (Å²) in [4.78, 5) is 10.3. The van der Waals surface area contributed by atoms with Crippen LogP contribution in [0.4, 0.5) is 4.79 Å². The molecule has 1 aliphatic rings. The minimum Gasteiger partial charge on any atom is -0.465 e. The number of amides is 1. The largest absolute Gasteiger partial charge is 0.465 e.